The van der Waals surface area contributed by atoms with Gasteiger partial charge in [-0.3, -0.25) is 4.79 Å². The van der Waals surface area contributed by atoms with E-state index in [1.165, 1.54) is 0 Å². The Morgan fingerprint density at radius 3 is 2.45 bits per heavy atom. The van der Waals surface area contributed by atoms with Crippen LogP contribution in [0.5, 0.6) is 0 Å². The Kier molecular flexibility index (Phi) is 5.97. The summed E-state index contributed by atoms with van der Waals surface area (Å²) in [5.41, 5.74) is -0.299. The Labute approximate surface area is 163 Å². The normalized spacial score (nSPS) is 11.4. The van der Waals surface area contributed by atoms with Crippen LogP contribution >= 0.6 is 0 Å². The average Bonchev–Trinajstić information content (AvgIpc) is 3.10. The lowest BCUT2D eigenvalue weighted by Gasteiger charge is -2.05. The number of rotatable bonds is 7. The van der Waals surface area contributed by atoms with Crippen molar-refractivity contribution < 1.29 is 30.9 Å². The Balaban J connectivity index is 1.58. The summed E-state index contributed by atoms with van der Waals surface area (Å²) in [6.07, 6.45) is -0.214. The predicted octanol–water partition coefficient (Wildman–Crippen LogP) is 3.03. The number of hydrogen-bond acceptors (Lipinski definition) is 6. The molecule has 0 saturated heterocycles. The molecule has 0 radical (unpaired) electrons. The van der Waals surface area contributed by atoms with E-state index in [4.69, 9.17) is 4.52 Å². The molecule has 0 aliphatic carbocycles. The Morgan fingerprint density at radius 2 is 1.72 bits per heavy atom. The third-order valence-corrected chi connectivity index (χ3v) is 5.40. The van der Waals surface area contributed by atoms with Gasteiger partial charge in [0, 0.05) is 18.9 Å². The number of carbonyl (C=O) groups excluding carboxylic acids is 1. The number of nitrogens with one attached hydrogen (secondary N) is 1. The van der Waals surface area contributed by atoms with Gasteiger partial charge in [-0.1, -0.05) is 5.16 Å². The number of aryl methyl sites for hydroxylation is 1. The zero-order chi connectivity index (χ0) is 21.0. The lowest BCUT2D eigenvalue weighted by Crippen LogP contribution is -2.13. The van der Waals surface area contributed by atoms with Crippen molar-refractivity contribution in [2.75, 3.05) is 5.32 Å². The van der Waals surface area contributed by atoms with E-state index in [1.54, 1.807) is 0 Å². The first kappa shape index (κ1) is 20.5. The molecule has 152 valence electrons. The predicted molar refractivity (Wildman–Crippen MR) is 94.9 cm³/mol. The van der Waals surface area contributed by atoms with Crippen molar-refractivity contribution in [3.8, 4) is 0 Å². The van der Waals surface area contributed by atoms with Gasteiger partial charge in [0.15, 0.2) is 15.7 Å². The van der Waals surface area contributed by atoms with Gasteiger partial charge in [0.25, 0.3) is 0 Å². The maximum atomic E-state index is 13.5. The third-order valence-electron chi connectivity index (χ3n) is 3.77. The van der Waals surface area contributed by atoms with Crippen LogP contribution < -0.4 is 5.32 Å². The highest BCUT2D eigenvalue weighted by molar-refractivity contribution is 7.90. The van der Waals surface area contributed by atoms with Crippen LogP contribution in [0.25, 0.3) is 0 Å². The minimum absolute atomic E-state index is 0.00386. The number of benzene rings is 2. The molecule has 0 saturated carbocycles. The maximum Gasteiger partial charge on any atom is 0.227 e. The van der Waals surface area contributed by atoms with E-state index < -0.39 is 38.9 Å². The van der Waals surface area contributed by atoms with Gasteiger partial charge in [-0.05, 0) is 36.4 Å². The highest BCUT2D eigenvalue weighted by Gasteiger charge is 2.20. The molecular formula is C18H14F3N3O4S. The number of anilines is 1. The monoisotopic (exact) mass is 425 g/mol. The molecule has 1 aromatic heterocycles. The molecule has 0 unspecified atom stereocenters. The van der Waals surface area contributed by atoms with Gasteiger partial charge in [-0.2, -0.15) is 4.98 Å². The van der Waals surface area contributed by atoms with Crippen LogP contribution in [0.2, 0.25) is 0 Å². The van der Waals surface area contributed by atoms with E-state index in [0.717, 1.165) is 42.5 Å². The second-order valence-corrected chi connectivity index (χ2v) is 7.98. The van der Waals surface area contributed by atoms with E-state index in [-0.39, 0.29) is 35.1 Å². The fraction of sp³-hybridized carbons (Fsp3) is 0.167. The molecule has 2 aromatic carbocycles. The van der Waals surface area contributed by atoms with E-state index in [9.17, 15) is 26.4 Å². The van der Waals surface area contributed by atoms with Crippen LogP contribution in [-0.4, -0.2) is 24.5 Å². The SMILES string of the molecule is O=C(CCc1nc(CS(=O)(=O)c2ccc(F)cc2)no1)Nc1cc(F)ccc1F. The minimum atomic E-state index is -3.81. The van der Waals surface area contributed by atoms with Gasteiger partial charge in [0.1, 0.15) is 23.2 Å². The first-order chi connectivity index (χ1) is 13.7. The first-order valence-corrected chi connectivity index (χ1v) is 9.93. The molecule has 7 nitrogen and oxygen atoms in total. The highest BCUT2D eigenvalue weighted by Crippen LogP contribution is 2.17. The molecule has 1 heterocycles. The van der Waals surface area contributed by atoms with Crippen molar-refractivity contribution in [3.63, 3.8) is 0 Å². The van der Waals surface area contributed by atoms with Crippen LogP contribution in [0.1, 0.15) is 18.1 Å². The second kappa shape index (κ2) is 8.43. The van der Waals surface area contributed by atoms with Crippen molar-refractivity contribution in [2.24, 2.45) is 0 Å². The number of carbonyl (C=O) groups is 1. The van der Waals surface area contributed by atoms with Crippen molar-refractivity contribution in [1.82, 2.24) is 10.1 Å². The summed E-state index contributed by atoms with van der Waals surface area (Å²) in [5, 5.41) is 5.77. The number of amides is 1. The molecule has 3 aromatic rings. The van der Waals surface area contributed by atoms with E-state index in [0.29, 0.717) is 0 Å². The molecule has 0 spiro atoms. The zero-order valence-corrected chi connectivity index (χ0v) is 15.5. The Bertz CT molecular complexity index is 1130. The van der Waals surface area contributed by atoms with Crippen LogP contribution in [0.3, 0.4) is 0 Å². The Hall–Kier alpha value is -3.21. The Morgan fingerprint density at radius 1 is 1.03 bits per heavy atom. The third kappa shape index (κ3) is 5.41. The number of sulfone groups is 1. The molecule has 0 aliphatic rings. The molecule has 0 aliphatic heterocycles. The lowest BCUT2D eigenvalue weighted by molar-refractivity contribution is -0.116. The highest BCUT2D eigenvalue weighted by atomic mass is 32.2. The fourth-order valence-electron chi connectivity index (χ4n) is 2.37. The topological polar surface area (TPSA) is 102 Å². The summed E-state index contributed by atoms with van der Waals surface area (Å²) in [6.45, 7) is 0. The molecule has 0 bridgehead atoms. The summed E-state index contributed by atoms with van der Waals surface area (Å²) in [6, 6.07) is 6.95. The van der Waals surface area contributed by atoms with Gasteiger partial charge in [0.2, 0.25) is 11.8 Å². The smallest absolute Gasteiger partial charge is 0.227 e. The standard InChI is InChI=1S/C18H14F3N3O4S/c19-11-1-4-13(5-2-11)29(26,27)10-16-23-18(28-24-16)8-7-17(25)22-15-9-12(20)3-6-14(15)21/h1-6,9H,7-8,10H2,(H,22,25). The minimum Gasteiger partial charge on any atom is -0.339 e. The molecule has 0 atom stereocenters. The van der Waals surface area contributed by atoms with Crippen LogP contribution in [0.15, 0.2) is 51.9 Å². The van der Waals surface area contributed by atoms with Crippen LogP contribution in [0, 0.1) is 17.5 Å². The van der Waals surface area contributed by atoms with Crippen molar-refractivity contribution in [2.45, 2.75) is 23.5 Å². The van der Waals surface area contributed by atoms with Crippen LogP contribution in [-0.2, 0) is 26.8 Å². The van der Waals surface area contributed by atoms with Gasteiger partial charge in [-0.15, -0.1) is 0 Å². The van der Waals surface area contributed by atoms with E-state index >= 15 is 0 Å². The van der Waals surface area contributed by atoms with E-state index in [2.05, 4.69) is 15.5 Å². The van der Waals surface area contributed by atoms with E-state index in [1.807, 2.05) is 0 Å². The number of nitrogens with zero attached hydrogens (tertiary/aromatic N) is 2. The zero-order valence-electron chi connectivity index (χ0n) is 14.7. The molecule has 11 heteroatoms. The number of halogens is 3. The van der Waals surface area contributed by atoms with Crippen LogP contribution in [0.4, 0.5) is 18.9 Å². The summed E-state index contributed by atoms with van der Waals surface area (Å²) in [4.78, 5) is 15.7. The van der Waals surface area contributed by atoms with Gasteiger partial charge in [0.05, 0.1) is 10.6 Å². The van der Waals surface area contributed by atoms with Crippen molar-refractivity contribution in [1.29, 1.82) is 0 Å². The van der Waals surface area contributed by atoms with Gasteiger partial charge in [-0.25, -0.2) is 21.6 Å². The average molecular weight is 425 g/mol. The molecule has 1 amide bonds. The second-order valence-electron chi connectivity index (χ2n) is 5.99. The van der Waals surface area contributed by atoms with Crippen molar-refractivity contribution in [3.05, 3.63) is 71.6 Å². The molecule has 1 N–H and O–H groups in total. The summed E-state index contributed by atoms with van der Waals surface area (Å²) in [7, 11) is -3.81. The van der Waals surface area contributed by atoms with Crippen molar-refractivity contribution >= 4 is 21.4 Å². The fourth-order valence-corrected chi connectivity index (χ4v) is 3.55. The maximum absolute atomic E-state index is 13.5. The molecule has 0 fully saturated rings. The molecule has 3 rings (SSSR count). The summed E-state index contributed by atoms with van der Waals surface area (Å²) >= 11 is 0. The van der Waals surface area contributed by atoms with Gasteiger partial charge >= 0.3 is 0 Å². The summed E-state index contributed by atoms with van der Waals surface area (Å²) in [5.74, 6) is -3.36. The number of hydrogen-bond donors (Lipinski definition) is 1. The lowest BCUT2D eigenvalue weighted by atomic mass is 10.2. The van der Waals surface area contributed by atoms with Gasteiger partial charge < -0.3 is 9.84 Å². The quantitative estimate of drug-likeness (QED) is 0.584. The number of aromatic nitrogens is 2. The first-order valence-electron chi connectivity index (χ1n) is 8.27. The summed E-state index contributed by atoms with van der Waals surface area (Å²) < 4.78 is 69.0. The molecule has 29 heavy (non-hydrogen) atoms. The largest absolute Gasteiger partial charge is 0.339 e. The molecular weight excluding hydrogens is 411 g/mol.